The fraction of sp³-hybridized carbons (Fsp3) is 0.409. The highest BCUT2D eigenvalue weighted by molar-refractivity contribution is 6.00. The molecule has 0 saturated carbocycles. The zero-order valence-corrected chi connectivity index (χ0v) is 15.8. The second kappa shape index (κ2) is 8.01. The topological polar surface area (TPSA) is 42.0 Å². The minimum Gasteiger partial charge on any atom is -0.497 e. The van der Waals surface area contributed by atoms with Gasteiger partial charge in [0.05, 0.1) is 31.9 Å². The molecule has 2 fully saturated rings. The van der Waals surface area contributed by atoms with E-state index in [1.54, 1.807) is 7.11 Å². The lowest BCUT2D eigenvalue weighted by Crippen LogP contribution is -2.38. The number of carbonyl (C=O) groups excluding carboxylic acids is 1. The molecular formula is C22H26N2O3. The third-order valence-electron chi connectivity index (χ3n) is 5.48. The van der Waals surface area contributed by atoms with Crippen LogP contribution < -0.4 is 9.64 Å². The maximum absolute atomic E-state index is 13.5. The summed E-state index contributed by atoms with van der Waals surface area (Å²) in [6.07, 6.45) is 2.01. The van der Waals surface area contributed by atoms with Crippen molar-refractivity contribution in [3.05, 3.63) is 59.7 Å². The predicted octanol–water partition coefficient (Wildman–Crippen LogP) is 3.51. The predicted molar refractivity (Wildman–Crippen MR) is 105 cm³/mol. The van der Waals surface area contributed by atoms with Crippen molar-refractivity contribution >= 4 is 11.6 Å². The second-order valence-electron chi connectivity index (χ2n) is 7.05. The lowest BCUT2D eigenvalue weighted by atomic mass is 10.0. The van der Waals surface area contributed by atoms with Crippen LogP contribution in [0, 0.1) is 0 Å². The molecule has 0 N–H and O–H groups in total. The SMILES string of the molecule is COc1cccc(C2CCCN2C(=O)c2ccccc2N2CCOCC2)c1. The van der Waals surface area contributed by atoms with Crippen LogP contribution in [-0.4, -0.2) is 50.8 Å². The number of ether oxygens (including phenoxy) is 2. The number of para-hydroxylation sites is 1. The summed E-state index contributed by atoms with van der Waals surface area (Å²) in [5.41, 5.74) is 2.94. The number of benzene rings is 2. The fourth-order valence-electron chi connectivity index (χ4n) is 4.09. The molecule has 0 aliphatic carbocycles. The number of amides is 1. The highest BCUT2D eigenvalue weighted by Gasteiger charge is 2.32. The molecule has 0 spiro atoms. The number of hydrogen-bond donors (Lipinski definition) is 0. The van der Waals surface area contributed by atoms with Crippen molar-refractivity contribution in [1.82, 2.24) is 4.90 Å². The van der Waals surface area contributed by atoms with E-state index in [9.17, 15) is 4.79 Å². The van der Waals surface area contributed by atoms with Gasteiger partial charge in [-0.15, -0.1) is 0 Å². The molecule has 5 nitrogen and oxygen atoms in total. The minimum atomic E-state index is 0.102. The first-order chi connectivity index (χ1) is 13.3. The van der Waals surface area contributed by atoms with Crippen LogP contribution >= 0.6 is 0 Å². The van der Waals surface area contributed by atoms with Crippen LogP contribution in [0.5, 0.6) is 5.75 Å². The van der Waals surface area contributed by atoms with Gasteiger partial charge in [0, 0.05) is 25.3 Å². The van der Waals surface area contributed by atoms with Crippen molar-refractivity contribution in [2.24, 2.45) is 0 Å². The van der Waals surface area contributed by atoms with Crippen LogP contribution in [0.15, 0.2) is 48.5 Å². The number of methoxy groups -OCH3 is 1. The molecule has 27 heavy (non-hydrogen) atoms. The lowest BCUT2D eigenvalue weighted by molar-refractivity contribution is 0.0735. The Labute approximate surface area is 160 Å². The zero-order valence-electron chi connectivity index (χ0n) is 15.8. The summed E-state index contributed by atoms with van der Waals surface area (Å²) in [5.74, 6) is 0.947. The van der Waals surface area contributed by atoms with Gasteiger partial charge in [0.25, 0.3) is 5.91 Å². The van der Waals surface area contributed by atoms with E-state index < -0.39 is 0 Å². The van der Waals surface area contributed by atoms with Gasteiger partial charge in [0.2, 0.25) is 0 Å². The average Bonchev–Trinajstić information content (AvgIpc) is 3.24. The van der Waals surface area contributed by atoms with Crippen molar-refractivity contribution in [3.63, 3.8) is 0 Å². The molecule has 2 saturated heterocycles. The Morgan fingerprint density at radius 2 is 1.89 bits per heavy atom. The molecule has 5 heteroatoms. The third-order valence-corrected chi connectivity index (χ3v) is 5.48. The van der Waals surface area contributed by atoms with Crippen molar-refractivity contribution < 1.29 is 14.3 Å². The summed E-state index contributed by atoms with van der Waals surface area (Å²) in [4.78, 5) is 17.8. The van der Waals surface area contributed by atoms with Crippen LogP contribution in [0.3, 0.4) is 0 Å². The van der Waals surface area contributed by atoms with Gasteiger partial charge < -0.3 is 19.3 Å². The molecule has 1 atom stereocenters. The number of hydrogen-bond acceptors (Lipinski definition) is 4. The Balaban J connectivity index is 1.62. The van der Waals surface area contributed by atoms with Crippen molar-refractivity contribution in [2.45, 2.75) is 18.9 Å². The quantitative estimate of drug-likeness (QED) is 0.830. The molecule has 2 aromatic rings. The van der Waals surface area contributed by atoms with Gasteiger partial charge in [0.15, 0.2) is 0 Å². The van der Waals surface area contributed by atoms with Gasteiger partial charge in [-0.1, -0.05) is 24.3 Å². The van der Waals surface area contributed by atoms with Crippen LogP contribution in [-0.2, 0) is 4.74 Å². The van der Waals surface area contributed by atoms with E-state index in [1.807, 2.05) is 41.3 Å². The van der Waals surface area contributed by atoms with Crippen molar-refractivity contribution in [3.8, 4) is 5.75 Å². The summed E-state index contributed by atoms with van der Waals surface area (Å²) in [6.45, 7) is 3.85. The Kier molecular flexibility index (Phi) is 5.30. The zero-order chi connectivity index (χ0) is 18.6. The van der Waals surface area contributed by atoms with Gasteiger partial charge in [-0.05, 0) is 42.7 Å². The van der Waals surface area contributed by atoms with Gasteiger partial charge in [-0.2, -0.15) is 0 Å². The molecule has 1 amide bonds. The highest BCUT2D eigenvalue weighted by atomic mass is 16.5. The van der Waals surface area contributed by atoms with E-state index in [0.29, 0.717) is 13.2 Å². The molecule has 0 radical (unpaired) electrons. The van der Waals surface area contributed by atoms with Gasteiger partial charge in [0.1, 0.15) is 5.75 Å². The molecule has 0 aromatic heterocycles. The molecule has 2 aromatic carbocycles. The van der Waals surface area contributed by atoms with E-state index in [0.717, 1.165) is 55.0 Å². The minimum absolute atomic E-state index is 0.102. The molecule has 2 aliphatic rings. The first kappa shape index (κ1) is 17.9. The summed E-state index contributed by atoms with van der Waals surface area (Å²) in [7, 11) is 1.68. The molecular weight excluding hydrogens is 340 g/mol. The third kappa shape index (κ3) is 3.65. The summed E-state index contributed by atoms with van der Waals surface area (Å²) in [6, 6.07) is 16.1. The van der Waals surface area contributed by atoms with Gasteiger partial charge in [-0.3, -0.25) is 4.79 Å². The number of morpholine rings is 1. The second-order valence-corrected chi connectivity index (χ2v) is 7.05. The summed E-state index contributed by atoms with van der Waals surface area (Å²) >= 11 is 0. The van der Waals surface area contributed by atoms with E-state index in [2.05, 4.69) is 17.0 Å². The molecule has 142 valence electrons. The fourth-order valence-corrected chi connectivity index (χ4v) is 4.09. The maximum atomic E-state index is 13.5. The van der Waals surface area contributed by atoms with Crippen LogP contribution in [0.1, 0.15) is 34.8 Å². The average molecular weight is 366 g/mol. The number of carbonyl (C=O) groups is 1. The smallest absolute Gasteiger partial charge is 0.256 e. The Bertz CT molecular complexity index is 802. The van der Waals surface area contributed by atoms with E-state index >= 15 is 0 Å². The van der Waals surface area contributed by atoms with Gasteiger partial charge in [-0.25, -0.2) is 0 Å². The number of nitrogens with zero attached hydrogens (tertiary/aromatic N) is 2. The first-order valence-electron chi connectivity index (χ1n) is 9.64. The van der Waals surface area contributed by atoms with Gasteiger partial charge >= 0.3 is 0 Å². The lowest BCUT2D eigenvalue weighted by Gasteiger charge is -2.32. The number of anilines is 1. The Morgan fingerprint density at radius 3 is 2.70 bits per heavy atom. The van der Waals surface area contributed by atoms with E-state index in [4.69, 9.17) is 9.47 Å². The molecule has 0 bridgehead atoms. The largest absolute Gasteiger partial charge is 0.497 e. The molecule has 2 heterocycles. The molecule has 1 unspecified atom stereocenters. The number of rotatable bonds is 4. The summed E-state index contributed by atoms with van der Waals surface area (Å²) in [5, 5.41) is 0. The Hall–Kier alpha value is -2.53. The van der Waals surface area contributed by atoms with Crippen LogP contribution in [0.25, 0.3) is 0 Å². The summed E-state index contributed by atoms with van der Waals surface area (Å²) < 4.78 is 10.8. The molecule has 4 rings (SSSR count). The monoisotopic (exact) mass is 366 g/mol. The number of likely N-dealkylation sites (tertiary alicyclic amines) is 1. The van der Waals surface area contributed by atoms with Crippen LogP contribution in [0.2, 0.25) is 0 Å². The normalized spacial score (nSPS) is 20.0. The van der Waals surface area contributed by atoms with Crippen molar-refractivity contribution in [1.29, 1.82) is 0 Å². The Morgan fingerprint density at radius 1 is 1.07 bits per heavy atom. The first-order valence-corrected chi connectivity index (χ1v) is 9.64. The highest BCUT2D eigenvalue weighted by Crippen LogP contribution is 2.36. The van der Waals surface area contributed by atoms with Crippen molar-refractivity contribution in [2.75, 3.05) is 44.9 Å². The van der Waals surface area contributed by atoms with E-state index in [1.165, 1.54) is 0 Å². The van der Waals surface area contributed by atoms with E-state index in [-0.39, 0.29) is 11.9 Å². The maximum Gasteiger partial charge on any atom is 0.256 e. The van der Waals surface area contributed by atoms with Crippen LogP contribution in [0.4, 0.5) is 5.69 Å². The molecule has 2 aliphatic heterocycles. The standard InChI is InChI=1S/C22H26N2O3/c1-26-18-7-4-6-17(16-18)20-10-5-11-24(20)22(25)19-8-2-3-9-21(19)23-12-14-27-15-13-23/h2-4,6-9,16,20H,5,10-15H2,1H3.